The van der Waals surface area contributed by atoms with Gasteiger partial charge in [0, 0.05) is 12.8 Å². The van der Waals surface area contributed by atoms with Gasteiger partial charge in [0.1, 0.15) is 36.2 Å². The summed E-state index contributed by atoms with van der Waals surface area (Å²) in [7, 11) is 0. The first-order valence-corrected chi connectivity index (χ1v) is 17.0. The average molecular weight is 591 g/mol. The summed E-state index contributed by atoms with van der Waals surface area (Å²) in [4.78, 5) is 24.3. The molecule has 2 aromatic rings. The molecule has 0 aliphatic carbocycles. The predicted molar refractivity (Wildman–Crippen MR) is 163 cm³/mol. The third-order valence-corrected chi connectivity index (χ3v) is 9.95. The lowest BCUT2D eigenvalue weighted by molar-refractivity contribution is -0.146. The lowest BCUT2D eigenvalue weighted by atomic mass is 9.85. The Morgan fingerprint density at radius 1 is 0.600 bits per heavy atom. The number of benzene rings is 2. The second-order valence-electron chi connectivity index (χ2n) is 11.8. The molecule has 40 heavy (non-hydrogen) atoms. The number of carbonyl (C=O) groups excluding carboxylic acids is 2. The molecule has 0 spiro atoms. The summed E-state index contributed by atoms with van der Waals surface area (Å²) in [5, 5.41) is 0. The van der Waals surface area contributed by atoms with Crippen molar-refractivity contribution in [3.8, 4) is 0 Å². The summed E-state index contributed by atoms with van der Waals surface area (Å²) in [5.41, 5.74) is 1.66. The Labute approximate surface area is 247 Å². The minimum atomic E-state index is -1.05. The highest BCUT2D eigenvalue weighted by molar-refractivity contribution is 7.95. The third kappa shape index (κ3) is 15.7. The van der Waals surface area contributed by atoms with E-state index in [9.17, 15) is 18.7 Å². The fourth-order valence-electron chi connectivity index (χ4n) is 3.92. The van der Waals surface area contributed by atoms with Gasteiger partial charge < -0.3 is 18.6 Å². The fourth-order valence-corrected chi connectivity index (χ4v) is 7.38. The number of ether oxygens (including phenoxy) is 2. The molecule has 0 saturated heterocycles. The molecule has 0 radical (unpaired) electrons. The van der Waals surface area contributed by atoms with Crippen LogP contribution in [-0.2, 0) is 54.6 Å². The molecule has 2 aromatic carbocycles. The van der Waals surface area contributed by atoms with Crippen LogP contribution in [-0.4, -0.2) is 44.1 Å². The molecule has 0 amide bonds. The van der Waals surface area contributed by atoms with Gasteiger partial charge in [-0.15, -0.1) is 0 Å². The van der Waals surface area contributed by atoms with Gasteiger partial charge in [0.25, 0.3) is 0 Å². The monoisotopic (exact) mass is 590 g/mol. The fraction of sp³-hybridized carbons (Fsp3) is 0.562. The van der Waals surface area contributed by atoms with Gasteiger partial charge in [-0.2, -0.15) is 0 Å². The van der Waals surface area contributed by atoms with Gasteiger partial charge in [0.2, 0.25) is 0 Å². The minimum Gasteiger partial charge on any atom is -0.616 e. The van der Waals surface area contributed by atoms with Crippen LogP contribution in [0, 0.1) is 10.8 Å². The maximum atomic E-state index is 12.6. The van der Waals surface area contributed by atoms with Crippen molar-refractivity contribution >= 4 is 34.3 Å². The molecule has 6 nitrogen and oxygen atoms in total. The van der Waals surface area contributed by atoms with E-state index in [0.29, 0.717) is 48.7 Å². The maximum absolute atomic E-state index is 12.6. The number of esters is 2. The van der Waals surface area contributed by atoms with E-state index < -0.39 is 22.4 Å². The molecule has 0 fully saturated rings. The van der Waals surface area contributed by atoms with E-state index in [-0.39, 0.29) is 36.0 Å². The van der Waals surface area contributed by atoms with E-state index in [1.807, 2.05) is 60.7 Å². The van der Waals surface area contributed by atoms with Crippen molar-refractivity contribution in [3.05, 3.63) is 71.8 Å². The van der Waals surface area contributed by atoms with E-state index >= 15 is 0 Å². The van der Waals surface area contributed by atoms with Crippen LogP contribution in [0.25, 0.3) is 0 Å². The molecule has 2 rings (SSSR count). The number of carbonyl (C=O) groups is 2. The Hall–Kier alpha value is -2.00. The first-order chi connectivity index (χ1) is 18.9. The van der Waals surface area contributed by atoms with Crippen molar-refractivity contribution in [2.75, 3.05) is 23.0 Å². The highest BCUT2D eigenvalue weighted by Gasteiger charge is 2.25. The molecule has 0 N–H and O–H groups in total. The van der Waals surface area contributed by atoms with Crippen molar-refractivity contribution < 1.29 is 28.2 Å². The van der Waals surface area contributed by atoms with Crippen LogP contribution in [0.1, 0.15) is 77.3 Å². The van der Waals surface area contributed by atoms with Gasteiger partial charge in [-0.1, -0.05) is 88.4 Å². The SMILES string of the molecule is CC(C)(CCC(=O)OCc1ccccc1)CC[S+]([O-])CC[S+]([O-])CCC(C)(C)CCC(=O)OCc1ccccc1. The second-order valence-corrected chi connectivity index (χ2v) is 15.2. The van der Waals surface area contributed by atoms with Crippen molar-refractivity contribution in [2.45, 2.75) is 79.4 Å². The van der Waals surface area contributed by atoms with Crippen LogP contribution in [0.2, 0.25) is 0 Å². The van der Waals surface area contributed by atoms with Crippen LogP contribution < -0.4 is 0 Å². The summed E-state index contributed by atoms with van der Waals surface area (Å²) in [5.74, 6) is 1.43. The quantitative estimate of drug-likeness (QED) is 0.139. The van der Waals surface area contributed by atoms with Crippen molar-refractivity contribution in [1.82, 2.24) is 0 Å². The third-order valence-electron chi connectivity index (χ3n) is 7.05. The van der Waals surface area contributed by atoms with E-state index in [0.717, 1.165) is 24.0 Å². The van der Waals surface area contributed by atoms with Gasteiger partial charge in [0.05, 0.1) is 0 Å². The van der Waals surface area contributed by atoms with Crippen LogP contribution in [0.4, 0.5) is 0 Å². The van der Waals surface area contributed by atoms with E-state index in [4.69, 9.17) is 9.47 Å². The summed E-state index contributed by atoms with van der Waals surface area (Å²) in [6.45, 7) is 8.86. The smallest absolute Gasteiger partial charge is 0.306 e. The normalized spacial score (nSPS) is 13.4. The van der Waals surface area contributed by atoms with E-state index in [2.05, 4.69) is 27.7 Å². The van der Waals surface area contributed by atoms with Gasteiger partial charge in [-0.3, -0.25) is 9.59 Å². The maximum Gasteiger partial charge on any atom is 0.306 e. The number of hydrogen-bond donors (Lipinski definition) is 0. The van der Waals surface area contributed by atoms with Gasteiger partial charge in [-0.25, -0.2) is 0 Å². The largest absolute Gasteiger partial charge is 0.616 e. The van der Waals surface area contributed by atoms with Crippen molar-refractivity contribution in [2.24, 2.45) is 10.8 Å². The van der Waals surface area contributed by atoms with Crippen LogP contribution in [0.3, 0.4) is 0 Å². The molecule has 8 heteroatoms. The Balaban J connectivity index is 1.56. The topological polar surface area (TPSA) is 98.7 Å². The summed E-state index contributed by atoms with van der Waals surface area (Å²) in [6.07, 6.45) is 3.45. The summed E-state index contributed by atoms with van der Waals surface area (Å²) < 4.78 is 35.9. The van der Waals surface area contributed by atoms with E-state index in [1.165, 1.54) is 0 Å². The molecule has 0 heterocycles. The van der Waals surface area contributed by atoms with Crippen LogP contribution >= 0.6 is 0 Å². The van der Waals surface area contributed by atoms with Crippen molar-refractivity contribution in [1.29, 1.82) is 0 Å². The van der Waals surface area contributed by atoms with Gasteiger partial charge >= 0.3 is 11.9 Å². The first kappa shape index (κ1) is 34.2. The molecule has 0 aromatic heterocycles. The summed E-state index contributed by atoms with van der Waals surface area (Å²) in [6, 6.07) is 19.2. The highest BCUT2D eigenvalue weighted by atomic mass is 32.2. The zero-order valence-corrected chi connectivity index (χ0v) is 26.2. The highest BCUT2D eigenvalue weighted by Crippen LogP contribution is 2.29. The number of hydrogen-bond acceptors (Lipinski definition) is 6. The van der Waals surface area contributed by atoms with E-state index in [1.54, 1.807) is 0 Å². The average Bonchev–Trinajstić information content (AvgIpc) is 2.95. The molecule has 222 valence electrons. The lowest BCUT2D eigenvalue weighted by Gasteiger charge is -2.26. The molecule has 0 aliphatic heterocycles. The van der Waals surface area contributed by atoms with Crippen LogP contribution in [0.15, 0.2) is 60.7 Å². The molecule has 2 unspecified atom stereocenters. The molecule has 0 bridgehead atoms. The predicted octanol–water partition coefficient (Wildman–Crippen LogP) is 6.36. The van der Waals surface area contributed by atoms with Crippen LogP contribution in [0.5, 0.6) is 0 Å². The molecule has 0 aliphatic rings. The molecule has 2 atom stereocenters. The Morgan fingerprint density at radius 2 is 0.950 bits per heavy atom. The zero-order valence-electron chi connectivity index (χ0n) is 24.5. The number of rotatable bonds is 19. The standard InChI is InChI=1S/C32H46O6S2/c1-31(2,17-15-29(33)37-25-27-11-7-5-8-12-27)19-21-39(35)23-24-40(36)22-20-32(3,4)18-16-30(34)38-26-28-13-9-6-10-14-28/h5-14H,15-26H2,1-4H3. The Morgan fingerprint density at radius 3 is 1.30 bits per heavy atom. The Bertz CT molecular complexity index is 915. The van der Waals surface area contributed by atoms with Gasteiger partial charge in [-0.05, 0) is 70.0 Å². The molecule has 0 saturated carbocycles. The molecular weight excluding hydrogens is 544 g/mol. The molecular formula is C32H46O6S2. The zero-order chi connectivity index (χ0) is 29.4. The minimum absolute atomic E-state index is 0.132. The first-order valence-electron chi connectivity index (χ1n) is 14.0. The Kier molecular flexibility index (Phi) is 15.2. The lowest BCUT2D eigenvalue weighted by Crippen LogP contribution is -2.26. The second kappa shape index (κ2) is 17.7. The van der Waals surface area contributed by atoms with Gasteiger partial charge in [0.15, 0.2) is 0 Å². The van der Waals surface area contributed by atoms with Crippen molar-refractivity contribution in [3.63, 3.8) is 0 Å². The summed E-state index contributed by atoms with van der Waals surface area (Å²) >= 11 is -2.11.